The highest BCUT2D eigenvalue weighted by atomic mass is 35.5. The molecule has 228 valence electrons. The number of hydrogen-bond donors (Lipinski definition) is 2. The lowest BCUT2D eigenvalue weighted by Crippen LogP contribution is -2.51. The van der Waals surface area contributed by atoms with Gasteiger partial charge in [-0.2, -0.15) is 13.2 Å². The fourth-order valence-electron chi connectivity index (χ4n) is 5.01. The van der Waals surface area contributed by atoms with Gasteiger partial charge in [-0.25, -0.2) is 13.4 Å². The van der Waals surface area contributed by atoms with Gasteiger partial charge in [-0.1, -0.05) is 30.1 Å². The molecule has 1 fully saturated rings. The second-order valence-electron chi connectivity index (χ2n) is 10.3. The third-order valence-electron chi connectivity index (χ3n) is 7.19. The molecule has 0 saturated carbocycles. The summed E-state index contributed by atoms with van der Waals surface area (Å²) in [5.41, 5.74) is 3.59. The number of alkyl halides is 3. The SMILES string of the molecule is CCS(=O)(=O)c1ccc(Cl)cc1Cn1cnc2c(Cl)c(CN3CCC[C@H](NC(=O)[C@H](C)N)C3)c(C(F)(F)F)cc2c1=O. The summed E-state index contributed by atoms with van der Waals surface area (Å²) < 4.78 is 69.2. The van der Waals surface area contributed by atoms with Crippen LogP contribution >= 0.6 is 23.2 Å². The lowest BCUT2D eigenvalue weighted by molar-refractivity contribution is -0.138. The molecule has 1 aliphatic heterocycles. The lowest BCUT2D eigenvalue weighted by Gasteiger charge is -2.34. The molecule has 0 spiro atoms. The average molecular weight is 649 g/mol. The molecule has 0 unspecified atom stereocenters. The first-order valence-electron chi connectivity index (χ1n) is 13.2. The summed E-state index contributed by atoms with van der Waals surface area (Å²) in [5, 5.41) is 2.38. The molecular formula is C27H30Cl2F3N5O4S. The first kappa shape index (κ1) is 32.2. The Balaban J connectivity index is 1.74. The number of fused-ring (bicyclic) bond motifs is 1. The number of hydrogen-bond acceptors (Lipinski definition) is 7. The Morgan fingerprint density at radius 2 is 1.95 bits per heavy atom. The van der Waals surface area contributed by atoms with Gasteiger partial charge in [0, 0.05) is 24.2 Å². The maximum Gasteiger partial charge on any atom is 0.416 e. The molecule has 1 aromatic heterocycles. The second kappa shape index (κ2) is 12.5. The molecular weight excluding hydrogens is 618 g/mol. The van der Waals surface area contributed by atoms with Crippen LogP contribution in [0.25, 0.3) is 10.9 Å². The number of sulfone groups is 1. The van der Waals surface area contributed by atoms with Crippen molar-refractivity contribution in [2.24, 2.45) is 5.73 Å². The third kappa shape index (κ3) is 6.91. The number of amides is 1. The topological polar surface area (TPSA) is 127 Å². The molecule has 9 nitrogen and oxygen atoms in total. The van der Waals surface area contributed by atoms with Gasteiger partial charge in [-0.15, -0.1) is 0 Å². The molecule has 0 aliphatic carbocycles. The van der Waals surface area contributed by atoms with Crippen molar-refractivity contribution in [2.45, 2.75) is 62.9 Å². The van der Waals surface area contributed by atoms with Crippen molar-refractivity contribution in [3.8, 4) is 0 Å². The van der Waals surface area contributed by atoms with Crippen LogP contribution in [-0.2, 0) is 33.9 Å². The van der Waals surface area contributed by atoms with Crippen LogP contribution in [0.1, 0.15) is 43.4 Å². The number of likely N-dealkylation sites (tertiary alicyclic amines) is 1. The maximum absolute atomic E-state index is 14.3. The largest absolute Gasteiger partial charge is 0.416 e. The zero-order valence-electron chi connectivity index (χ0n) is 22.8. The van der Waals surface area contributed by atoms with E-state index in [9.17, 15) is 31.2 Å². The van der Waals surface area contributed by atoms with E-state index in [0.717, 1.165) is 17.0 Å². The minimum absolute atomic E-state index is 0.0392. The fourth-order valence-corrected chi connectivity index (χ4v) is 6.63. The molecule has 2 aromatic carbocycles. The number of benzene rings is 2. The van der Waals surface area contributed by atoms with Gasteiger partial charge in [-0.3, -0.25) is 19.1 Å². The summed E-state index contributed by atoms with van der Waals surface area (Å²) >= 11 is 12.6. The van der Waals surface area contributed by atoms with Crippen molar-refractivity contribution in [2.75, 3.05) is 18.8 Å². The first-order valence-corrected chi connectivity index (χ1v) is 15.6. The molecule has 1 aliphatic rings. The number of carbonyl (C=O) groups is 1. The van der Waals surface area contributed by atoms with Crippen molar-refractivity contribution in [3.63, 3.8) is 0 Å². The van der Waals surface area contributed by atoms with Crippen LogP contribution in [0.5, 0.6) is 0 Å². The van der Waals surface area contributed by atoms with Gasteiger partial charge in [0.1, 0.15) is 0 Å². The normalized spacial score (nSPS) is 17.4. The van der Waals surface area contributed by atoms with Gasteiger partial charge >= 0.3 is 6.18 Å². The Morgan fingerprint density at radius 1 is 1.24 bits per heavy atom. The summed E-state index contributed by atoms with van der Waals surface area (Å²) in [5.74, 6) is -0.546. The number of nitrogens with one attached hydrogen (secondary N) is 1. The Kier molecular flexibility index (Phi) is 9.58. The molecule has 4 rings (SSSR count). The number of aromatic nitrogens is 2. The number of halogens is 5. The van der Waals surface area contributed by atoms with Gasteiger partial charge in [0.2, 0.25) is 5.91 Å². The quantitative estimate of drug-likeness (QED) is 0.378. The van der Waals surface area contributed by atoms with E-state index in [2.05, 4.69) is 10.3 Å². The van der Waals surface area contributed by atoms with Gasteiger partial charge in [0.15, 0.2) is 9.84 Å². The van der Waals surface area contributed by atoms with Crippen LogP contribution in [0.4, 0.5) is 13.2 Å². The zero-order chi connectivity index (χ0) is 31.0. The van der Waals surface area contributed by atoms with Crippen molar-refractivity contribution < 1.29 is 26.4 Å². The Labute approximate surface area is 250 Å². The molecule has 1 saturated heterocycles. The predicted octanol–water partition coefficient (Wildman–Crippen LogP) is 3.99. The zero-order valence-corrected chi connectivity index (χ0v) is 25.2. The van der Waals surface area contributed by atoms with E-state index in [1.807, 2.05) is 0 Å². The lowest BCUT2D eigenvalue weighted by atomic mass is 10.00. The minimum Gasteiger partial charge on any atom is -0.351 e. The minimum atomic E-state index is -4.84. The number of nitrogens with zero attached hydrogens (tertiary/aromatic N) is 3. The molecule has 3 aromatic rings. The number of rotatable bonds is 8. The van der Waals surface area contributed by atoms with Crippen LogP contribution in [-0.4, -0.2) is 59.7 Å². The van der Waals surface area contributed by atoms with E-state index < -0.39 is 33.2 Å². The summed E-state index contributed by atoms with van der Waals surface area (Å²) in [7, 11) is -3.69. The molecule has 1 amide bonds. The van der Waals surface area contributed by atoms with Crippen molar-refractivity contribution >= 4 is 49.8 Å². The van der Waals surface area contributed by atoms with Gasteiger partial charge in [0.25, 0.3) is 5.56 Å². The molecule has 42 heavy (non-hydrogen) atoms. The van der Waals surface area contributed by atoms with E-state index in [1.165, 1.54) is 25.1 Å². The summed E-state index contributed by atoms with van der Waals surface area (Å²) in [6.07, 6.45) is -2.43. The first-order chi connectivity index (χ1) is 19.6. The van der Waals surface area contributed by atoms with E-state index in [1.54, 1.807) is 11.8 Å². The van der Waals surface area contributed by atoms with E-state index in [0.29, 0.717) is 25.9 Å². The number of carbonyl (C=O) groups excluding carboxylic acids is 1. The molecule has 2 atom stereocenters. The fraction of sp³-hybridized carbons (Fsp3) is 0.444. The third-order valence-corrected chi connectivity index (χ3v) is 9.66. The van der Waals surface area contributed by atoms with Crippen molar-refractivity contribution in [3.05, 3.63) is 67.7 Å². The maximum atomic E-state index is 14.3. The Hall–Kier alpha value is -2.71. The Morgan fingerprint density at radius 3 is 2.60 bits per heavy atom. The molecule has 0 bridgehead atoms. The standard InChI is InChI=1S/C27H30Cl2F3N5O4S/c1-3-42(40,41)22-7-6-17(28)9-16(22)11-37-14-34-24-19(26(37)39)10-21(27(30,31)32)20(23(24)29)13-36-8-4-5-18(12-36)35-25(38)15(2)33/h6-7,9-10,14-15,18H,3-5,8,11-13,33H2,1-2H3,(H,35,38)/t15-,18-/m0/s1. The molecule has 3 N–H and O–H groups in total. The summed E-state index contributed by atoms with van der Waals surface area (Å²) in [4.78, 5) is 31.4. The van der Waals surface area contributed by atoms with Crippen LogP contribution in [0.2, 0.25) is 10.0 Å². The molecule has 2 heterocycles. The van der Waals surface area contributed by atoms with Gasteiger partial charge < -0.3 is 11.1 Å². The van der Waals surface area contributed by atoms with Crippen LogP contribution in [0, 0.1) is 0 Å². The van der Waals surface area contributed by atoms with Crippen LogP contribution in [0.3, 0.4) is 0 Å². The van der Waals surface area contributed by atoms with E-state index >= 15 is 0 Å². The highest BCUT2D eigenvalue weighted by molar-refractivity contribution is 7.91. The monoisotopic (exact) mass is 647 g/mol. The second-order valence-corrected chi connectivity index (χ2v) is 13.4. The average Bonchev–Trinajstić information content (AvgIpc) is 2.91. The smallest absolute Gasteiger partial charge is 0.351 e. The molecule has 0 radical (unpaired) electrons. The highest BCUT2D eigenvalue weighted by Crippen LogP contribution is 2.39. The number of piperidine rings is 1. The van der Waals surface area contributed by atoms with Gasteiger partial charge in [-0.05, 0) is 61.7 Å². The van der Waals surface area contributed by atoms with Crippen LogP contribution < -0.4 is 16.6 Å². The predicted molar refractivity (Wildman–Crippen MR) is 154 cm³/mol. The molecule has 15 heteroatoms. The summed E-state index contributed by atoms with van der Waals surface area (Å²) in [6.45, 7) is 3.31. The highest BCUT2D eigenvalue weighted by Gasteiger charge is 2.37. The van der Waals surface area contributed by atoms with E-state index in [4.69, 9.17) is 28.9 Å². The van der Waals surface area contributed by atoms with E-state index in [-0.39, 0.29) is 67.8 Å². The number of nitrogens with two attached hydrogens (primary N) is 1. The van der Waals surface area contributed by atoms with Gasteiger partial charge in [0.05, 0.1) is 51.1 Å². The van der Waals surface area contributed by atoms with Crippen molar-refractivity contribution in [1.82, 2.24) is 19.8 Å². The van der Waals surface area contributed by atoms with Crippen LogP contribution in [0.15, 0.2) is 40.3 Å². The Bertz CT molecular complexity index is 1680. The van der Waals surface area contributed by atoms with Crippen molar-refractivity contribution in [1.29, 1.82) is 0 Å². The summed E-state index contributed by atoms with van der Waals surface area (Å²) in [6, 6.07) is 3.86.